The fraction of sp³-hybridized carbons (Fsp3) is 0.267. The molecule has 1 aromatic heterocycles. The van der Waals surface area contributed by atoms with E-state index in [0.717, 1.165) is 6.08 Å². The maximum Gasteiger partial charge on any atom is 0.194 e. The van der Waals surface area contributed by atoms with Crippen LogP contribution in [-0.2, 0) is 28.1 Å². The Labute approximate surface area is 240 Å². The van der Waals surface area contributed by atoms with E-state index >= 15 is 0 Å². The maximum absolute atomic E-state index is 13.9. The average Bonchev–Trinajstić information content (AvgIpc) is 3.52. The van der Waals surface area contributed by atoms with Crippen LogP contribution in [0.25, 0.3) is 0 Å². The van der Waals surface area contributed by atoms with Crippen molar-refractivity contribution in [1.29, 1.82) is 0 Å². The third-order valence-corrected chi connectivity index (χ3v) is 7.58. The Morgan fingerprint density at radius 1 is 1.17 bits per heavy atom. The lowest BCUT2D eigenvalue weighted by Gasteiger charge is -2.29. The molecule has 1 aliphatic carbocycles. The molecule has 12 heteroatoms. The van der Waals surface area contributed by atoms with Gasteiger partial charge in [-0.05, 0) is 39.8 Å². The minimum atomic E-state index is -1.61. The standard InChI is InChI=1S/C30H28N4O8/c1-14-26(38)24(16(3)35)28-25(27(14)39)30(4)22(42-28)10-20(36)23(29(30)40)15(2)31-11-18-12-34(33-32-18)13-21(37)17-7-6-8-19(9-17)41-5/h6-10,12,31,38-39H,11,13H2,1-5H3/b23-15+. The Kier molecular flexibility index (Phi) is 6.93. The maximum atomic E-state index is 13.9. The molecule has 0 bridgehead atoms. The molecule has 0 fully saturated rings. The van der Waals surface area contributed by atoms with Gasteiger partial charge < -0.3 is 25.0 Å². The van der Waals surface area contributed by atoms with Crippen molar-refractivity contribution < 1.29 is 38.9 Å². The largest absolute Gasteiger partial charge is 0.507 e. The van der Waals surface area contributed by atoms with Crippen molar-refractivity contribution in [3.05, 3.63) is 81.5 Å². The Bertz CT molecular complexity index is 1770. The molecule has 0 saturated carbocycles. The van der Waals surface area contributed by atoms with Crippen LogP contribution in [0.4, 0.5) is 0 Å². The molecule has 0 saturated heterocycles. The van der Waals surface area contributed by atoms with Crippen LogP contribution in [0.15, 0.2) is 53.6 Å². The number of nitrogens with one attached hydrogen (secondary N) is 1. The van der Waals surface area contributed by atoms with Crippen LogP contribution in [0.2, 0.25) is 0 Å². The van der Waals surface area contributed by atoms with Gasteiger partial charge in [0, 0.05) is 22.9 Å². The van der Waals surface area contributed by atoms with Gasteiger partial charge in [-0.3, -0.25) is 19.2 Å². The summed E-state index contributed by atoms with van der Waals surface area (Å²) in [5.41, 5.74) is -0.751. The molecule has 1 unspecified atom stereocenters. The minimum Gasteiger partial charge on any atom is -0.507 e. The third-order valence-electron chi connectivity index (χ3n) is 7.58. The lowest BCUT2D eigenvalue weighted by molar-refractivity contribution is -0.123. The van der Waals surface area contributed by atoms with Crippen molar-refractivity contribution >= 4 is 23.1 Å². The second kappa shape index (κ2) is 10.3. The van der Waals surface area contributed by atoms with E-state index in [4.69, 9.17) is 9.47 Å². The predicted molar refractivity (Wildman–Crippen MR) is 147 cm³/mol. The summed E-state index contributed by atoms with van der Waals surface area (Å²) in [4.78, 5) is 52.0. The number of carbonyl (C=O) groups is 4. The summed E-state index contributed by atoms with van der Waals surface area (Å²) in [6.07, 6.45) is 2.72. The molecule has 12 nitrogen and oxygen atoms in total. The minimum absolute atomic E-state index is 0.0145. The van der Waals surface area contributed by atoms with Crippen LogP contribution in [0.3, 0.4) is 0 Å². The van der Waals surface area contributed by atoms with Gasteiger partial charge in [-0.2, -0.15) is 0 Å². The SMILES string of the molecule is COc1cccc(C(=O)Cn2cc(CN/C(C)=C3\C(=O)C=C4Oc5c(C(C)=O)c(O)c(C)c(O)c5C4(C)C3=O)nn2)c1. The summed E-state index contributed by atoms with van der Waals surface area (Å²) < 4.78 is 12.3. The zero-order valence-electron chi connectivity index (χ0n) is 23.6. The molecule has 2 aromatic carbocycles. The molecular formula is C30H28N4O8. The zero-order valence-corrected chi connectivity index (χ0v) is 23.6. The number of hydrogen-bond acceptors (Lipinski definition) is 11. The van der Waals surface area contributed by atoms with Gasteiger partial charge in [-0.1, -0.05) is 17.3 Å². The molecule has 3 N–H and O–H groups in total. The third kappa shape index (κ3) is 4.41. The van der Waals surface area contributed by atoms with Crippen molar-refractivity contribution in [3.8, 4) is 23.0 Å². The number of aromatic nitrogens is 3. The molecule has 42 heavy (non-hydrogen) atoms. The summed E-state index contributed by atoms with van der Waals surface area (Å²) in [5.74, 6) is -2.46. The predicted octanol–water partition coefficient (Wildman–Crippen LogP) is 2.84. The number of methoxy groups -OCH3 is 1. The fourth-order valence-corrected chi connectivity index (χ4v) is 5.21. The number of benzene rings is 2. The second-order valence-electron chi connectivity index (χ2n) is 10.3. The van der Waals surface area contributed by atoms with Gasteiger partial charge in [-0.25, -0.2) is 4.68 Å². The number of phenols is 2. The highest BCUT2D eigenvalue weighted by Crippen LogP contribution is 2.57. The van der Waals surface area contributed by atoms with E-state index in [-0.39, 0.29) is 58.3 Å². The van der Waals surface area contributed by atoms with E-state index in [1.807, 2.05) is 0 Å². The summed E-state index contributed by atoms with van der Waals surface area (Å²) in [6, 6.07) is 6.77. The lowest BCUT2D eigenvalue weighted by Crippen LogP contribution is -2.41. The monoisotopic (exact) mass is 572 g/mol. The second-order valence-corrected chi connectivity index (χ2v) is 10.3. The number of carbonyl (C=O) groups excluding carboxylic acids is 4. The van der Waals surface area contributed by atoms with Crippen molar-refractivity contribution in [1.82, 2.24) is 20.3 Å². The Balaban J connectivity index is 1.39. The van der Waals surface area contributed by atoms with Crippen LogP contribution in [0.5, 0.6) is 23.0 Å². The van der Waals surface area contributed by atoms with E-state index in [9.17, 15) is 29.4 Å². The average molecular weight is 573 g/mol. The van der Waals surface area contributed by atoms with Gasteiger partial charge in [0.2, 0.25) is 0 Å². The lowest BCUT2D eigenvalue weighted by atomic mass is 9.70. The highest BCUT2D eigenvalue weighted by atomic mass is 16.5. The number of allylic oxidation sites excluding steroid dienone is 4. The first-order valence-corrected chi connectivity index (χ1v) is 13.0. The fourth-order valence-electron chi connectivity index (χ4n) is 5.21. The number of ether oxygens (including phenoxy) is 2. The van der Waals surface area contributed by atoms with E-state index in [0.29, 0.717) is 17.0 Å². The molecule has 3 aromatic rings. The first-order chi connectivity index (χ1) is 19.9. The highest BCUT2D eigenvalue weighted by molar-refractivity contribution is 6.31. The number of phenolic OH excluding ortho intramolecular Hbond substituents is 2. The van der Waals surface area contributed by atoms with Gasteiger partial charge in [-0.15, -0.1) is 5.10 Å². The number of rotatable bonds is 8. The first kappa shape index (κ1) is 28.3. The number of hydrogen-bond donors (Lipinski definition) is 3. The molecule has 216 valence electrons. The van der Waals surface area contributed by atoms with E-state index < -0.39 is 34.3 Å². The zero-order chi connectivity index (χ0) is 30.5. The van der Waals surface area contributed by atoms with Crippen LogP contribution in [-0.4, -0.2) is 55.4 Å². The van der Waals surface area contributed by atoms with Crippen LogP contribution < -0.4 is 14.8 Å². The normalized spacial score (nSPS) is 18.5. The molecule has 0 radical (unpaired) electrons. The van der Waals surface area contributed by atoms with Crippen molar-refractivity contribution in [2.45, 2.75) is 46.2 Å². The van der Waals surface area contributed by atoms with Gasteiger partial charge in [0.15, 0.2) is 23.1 Å². The molecule has 2 aliphatic rings. The summed E-state index contributed by atoms with van der Waals surface area (Å²) in [5, 5.41) is 32.5. The Hall–Kier alpha value is -5.26. The topological polar surface area (TPSA) is 170 Å². The smallest absolute Gasteiger partial charge is 0.194 e. The van der Waals surface area contributed by atoms with E-state index in [1.54, 1.807) is 37.4 Å². The Morgan fingerprint density at radius 2 is 1.90 bits per heavy atom. The molecule has 0 spiro atoms. The summed E-state index contributed by atoms with van der Waals surface area (Å²) >= 11 is 0. The highest BCUT2D eigenvalue weighted by Gasteiger charge is 2.56. The van der Waals surface area contributed by atoms with Crippen molar-refractivity contribution in [2.75, 3.05) is 7.11 Å². The van der Waals surface area contributed by atoms with E-state index in [1.165, 1.54) is 32.6 Å². The molecular weight excluding hydrogens is 544 g/mol. The number of ketones is 4. The molecule has 0 amide bonds. The molecule has 5 rings (SSSR count). The van der Waals surface area contributed by atoms with Crippen molar-refractivity contribution in [2.24, 2.45) is 0 Å². The van der Waals surface area contributed by atoms with Crippen LogP contribution in [0.1, 0.15) is 58.3 Å². The molecule has 1 aliphatic heterocycles. The van der Waals surface area contributed by atoms with E-state index in [2.05, 4.69) is 15.6 Å². The first-order valence-electron chi connectivity index (χ1n) is 13.0. The van der Waals surface area contributed by atoms with Gasteiger partial charge >= 0.3 is 0 Å². The molecule has 1 atom stereocenters. The van der Waals surface area contributed by atoms with Crippen molar-refractivity contribution in [3.63, 3.8) is 0 Å². The number of Topliss-reactive ketones (excluding diaryl/α,β-unsaturated/α-hetero) is 3. The summed E-state index contributed by atoms with van der Waals surface area (Å²) in [6.45, 7) is 5.74. The van der Waals surface area contributed by atoms with Gasteiger partial charge in [0.05, 0.1) is 31.0 Å². The summed E-state index contributed by atoms with van der Waals surface area (Å²) in [7, 11) is 1.52. The number of fused-ring (bicyclic) bond motifs is 3. The van der Waals surface area contributed by atoms with Gasteiger partial charge in [0.25, 0.3) is 0 Å². The molecule has 2 heterocycles. The number of nitrogens with zero attached hydrogens (tertiary/aromatic N) is 3. The van der Waals surface area contributed by atoms with Crippen LogP contribution in [0, 0.1) is 6.92 Å². The van der Waals surface area contributed by atoms with Gasteiger partial charge in [0.1, 0.15) is 52.0 Å². The van der Waals surface area contributed by atoms with Crippen LogP contribution >= 0.6 is 0 Å². The Morgan fingerprint density at radius 3 is 2.60 bits per heavy atom. The number of aromatic hydroxyl groups is 2. The quantitative estimate of drug-likeness (QED) is 0.206.